The molecule has 1 N–H and O–H groups in total. The van der Waals surface area contributed by atoms with E-state index >= 15 is 0 Å². The van der Waals surface area contributed by atoms with Crippen LogP contribution in [-0.2, 0) is 6.54 Å². The summed E-state index contributed by atoms with van der Waals surface area (Å²) < 4.78 is 0. The molecule has 1 heterocycles. The topological polar surface area (TPSA) is 59.6 Å². The van der Waals surface area contributed by atoms with E-state index in [4.69, 9.17) is 10.5 Å². The second-order valence-electron chi connectivity index (χ2n) is 3.06. The predicted octanol–water partition coefficient (Wildman–Crippen LogP) is 2.01. The number of thiophene rings is 1. The molecule has 0 saturated heterocycles. The summed E-state index contributed by atoms with van der Waals surface area (Å²) in [6.45, 7) is 2.71. The zero-order valence-corrected chi connectivity index (χ0v) is 8.77. The average Bonchev–Trinajstić information content (AvgIpc) is 2.63. The van der Waals surface area contributed by atoms with Crippen molar-refractivity contribution < 1.29 is 0 Å². The Morgan fingerprint density at radius 3 is 2.93 bits per heavy atom. The molecule has 72 valence electrons. The van der Waals surface area contributed by atoms with E-state index in [1.54, 1.807) is 11.3 Å². The Hall–Kier alpha value is -1.36. The van der Waals surface area contributed by atoms with Gasteiger partial charge < -0.3 is 5.32 Å². The van der Waals surface area contributed by atoms with Crippen LogP contribution in [0.25, 0.3) is 0 Å². The van der Waals surface area contributed by atoms with Gasteiger partial charge in [0, 0.05) is 22.8 Å². The van der Waals surface area contributed by atoms with E-state index in [-0.39, 0.29) is 6.04 Å². The molecule has 4 heteroatoms. The molecule has 1 unspecified atom stereocenters. The lowest BCUT2D eigenvalue weighted by molar-refractivity contribution is 0.561. The van der Waals surface area contributed by atoms with E-state index in [1.807, 2.05) is 18.4 Å². The Bertz CT molecular complexity index is 369. The van der Waals surface area contributed by atoms with Gasteiger partial charge in [0.2, 0.25) is 0 Å². The Morgan fingerprint density at radius 1 is 1.57 bits per heavy atom. The highest BCUT2D eigenvalue weighted by molar-refractivity contribution is 7.10. The minimum absolute atomic E-state index is 0.202. The number of hydrogen-bond donors (Lipinski definition) is 1. The summed E-state index contributed by atoms with van der Waals surface area (Å²) in [7, 11) is 0. The molecule has 0 aliphatic carbocycles. The van der Waals surface area contributed by atoms with Gasteiger partial charge in [-0.1, -0.05) is 0 Å². The summed E-state index contributed by atoms with van der Waals surface area (Å²) in [4.78, 5) is 1.13. The standard InChI is InChI=1S/C10H11N3S/c1-8(2-3-11)13-6-10-4-9(5-12)7-14-10/h4,7-8,13H,2,6H2,1H3. The van der Waals surface area contributed by atoms with Crippen molar-refractivity contribution in [3.63, 3.8) is 0 Å². The van der Waals surface area contributed by atoms with Gasteiger partial charge in [-0.25, -0.2) is 0 Å². The molecule has 0 amide bonds. The molecule has 0 fully saturated rings. The molecule has 1 aromatic rings. The molecule has 0 aromatic carbocycles. The SMILES string of the molecule is CC(CC#N)NCc1cc(C#N)cs1. The molecule has 0 radical (unpaired) electrons. The van der Waals surface area contributed by atoms with Crippen molar-refractivity contribution in [3.8, 4) is 12.1 Å². The lowest BCUT2D eigenvalue weighted by Crippen LogP contribution is -2.24. The zero-order valence-electron chi connectivity index (χ0n) is 7.95. The average molecular weight is 205 g/mol. The monoisotopic (exact) mass is 205 g/mol. The van der Waals surface area contributed by atoms with Crippen molar-refractivity contribution in [3.05, 3.63) is 21.9 Å². The largest absolute Gasteiger partial charge is 0.308 e. The molecule has 1 aromatic heterocycles. The zero-order chi connectivity index (χ0) is 10.4. The smallest absolute Gasteiger partial charge is 0.100 e. The van der Waals surface area contributed by atoms with Gasteiger partial charge in [-0.05, 0) is 13.0 Å². The lowest BCUT2D eigenvalue weighted by atomic mass is 10.2. The fourth-order valence-electron chi connectivity index (χ4n) is 1.02. The van der Waals surface area contributed by atoms with E-state index < -0.39 is 0 Å². The van der Waals surface area contributed by atoms with E-state index in [1.165, 1.54) is 0 Å². The second-order valence-corrected chi connectivity index (χ2v) is 4.05. The highest BCUT2D eigenvalue weighted by Crippen LogP contribution is 2.13. The van der Waals surface area contributed by atoms with Gasteiger partial charge in [0.15, 0.2) is 0 Å². The van der Waals surface area contributed by atoms with Crippen molar-refractivity contribution in [2.24, 2.45) is 0 Å². The van der Waals surface area contributed by atoms with Gasteiger partial charge in [0.25, 0.3) is 0 Å². The molecular weight excluding hydrogens is 194 g/mol. The van der Waals surface area contributed by atoms with Crippen LogP contribution in [0.4, 0.5) is 0 Å². The Morgan fingerprint density at radius 2 is 2.36 bits per heavy atom. The van der Waals surface area contributed by atoms with Crippen LogP contribution in [0, 0.1) is 22.7 Å². The minimum atomic E-state index is 0.202. The van der Waals surface area contributed by atoms with Crippen LogP contribution >= 0.6 is 11.3 Å². The van der Waals surface area contributed by atoms with Crippen molar-refractivity contribution in [1.82, 2.24) is 5.32 Å². The number of nitrogens with one attached hydrogen (secondary N) is 1. The van der Waals surface area contributed by atoms with Crippen molar-refractivity contribution in [1.29, 1.82) is 10.5 Å². The number of rotatable bonds is 4. The minimum Gasteiger partial charge on any atom is -0.308 e. The molecule has 0 aliphatic heterocycles. The van der Waals surface area contributed by atoms with Crippen LogP contribution in [0.15, 0.2) is 11.4 Å². The fourth-order valence-corrected chi connectivity index (χ4v) is 1.78. The molecule has 0 spiro atoms. The maximum Gasteiger partial charge on any atom is 0.100 e. The molecular formula is C10H11N3S. The molecule has 1 atom stereocenters. The van der Waals surface area contributed by atoms with Gasteiger partial charge >= 0.3 is 0 Å². The second kappa shape index (κ2) is 5.39. The first-order valence-corrected chi connectivity index (χ1v) is 5.22. The third kappa shape index (κ3) is 3.18. The summed E-state index contributed by atoms with van der Waals surface area (Å²) in [5, 5.41) is 22.1. The van der Waals surface area contributed by atoms with Crippen molar-refractivity contribution in [2.75, 3.05) is 0 Å². The van der Waals surface area contributed by atoms with Crippen LogP contribution in [-0.4, -0.2) is 6.04 Å². The maximum atomic E-state index is 8.61. The molecule has 0 aliphatic rings. The number of nitrogens with zero attached hydrogens (tertiary/aromatic N) is 2. The van der Waals surface area contributed by atoms with E-state index in [2.05, 4.69) is 17.5 Å². The van der Waals surface area contributed by atoms with Crippen LogP contribution in [0.5, 0.6) is 0 Å². The summed E-state index contributed by atoms with van der Waals surface area (Å²) in [6, 6.07) is 6.27. The van der Waals surface area contributed by atoms with Crippen molar-refractivity contribution >= 4 is 11.3 Å². The maximum absolute atomic E-state index is 8.61. The summed E-state index contributed by atoms with van der Waals surface area (Å²) >= 11 is 1.57. The third-order valence-corrected chi connectivity index (χ3v) is 2.74. The predicted molar refractivity (Wildman–Crippen MR) is 55.6 cm³/mol. The number of hydrogen-bond acceptors (Lipinski definition) is 4. The Labute approximate surface area is 87.6 Å². The quantitative estimate of drug-likeness (QED) is 0.818. The molecule has 0 saturated carbocycles. The van der Waals surface area contributed by atoms with Gasteiger partial charge in [-0.15, -0.1) is 11.3 Å². The first-order valence-electron chi connectivity index (χ1n) is 4.34. The Balaban J connectivity index is 2.39. The van der Waals surface area contributed by atoms with Gasteiger partial charge in [0.05, 0.1) is 18.1 Å². The van der Waals surface area contributed by atoms with E-state index in [9.17, 15) is 0 Å². The summed E-state index contributed by atoms with van der Waals surface area (Å²) in [5.74, 6) is 0. The van der Waals surface area contributed by atoms with Gasteiger partial charge in [-0.3, -0.25) is 0 Å². The van der Waals surface area contributed by atoms with E-state index in [0.29, 0.717) is 12.0 Å². The normalized spacial score (nSPS) is 11.6. The highest BCUT2D eigenvalue weighted by Gasteiger charge is 2.02. The number of nitriles is 2. The lowest BCUT2D eigenvalue weighted by Gasteiger charge is -2.07. The molecule has 14 heavy (non-hydrogen) atoms. The summed E-state index contributed by atoms with van der Waals surface area (Å²) in [5.41, 5.74) is 0.708. The van der Waals surface area contributed by atoms with Gasteiger partial charge in [-0.2, -0.15) is 10.5 Å². The van der Waals surface area contributed by atoms with Gasteiger partial charge in [0.1, 0.15) is 6.07 Å². The van der Waals surface area contributed by atoms with Crippen LogP contribution < -0.4 is 5.32 Å². The third-order valence-electron chi connectivity index (χ3n) is 1.81. The van der Waals surface area contributed by atoms with E-state index in [0.717, 1.165) is 11.4 Å². The molecule has 1 rings (SSSR count). The van der Waals surface area contributed by atoms with Crippen LogP contribution in [0.1, 0.15) is 23.8 Å². The fraction of sp³-hybridized carbons (Fsp3) is 0.400. The summed E-state index contributed by atoms with van der Waals surface area (Å²) in [6.07, 6.45) is 0.510. The first-order chi connectivity index (χ1) is 6.76. The van der Waals surface area contributed by atoms with Crippen molar-refractivity contribution in [2.45, 2.75) is 25.9 Å². The molecule has 3 nitrogen and oxygen atoms in total. The highest BCUT2D eigenvalue weighted by atomic mass is 32.1. The molecule has 0 bridgehead atoms. The van der Waals surface area contributed by atoms with Crippen LogP contribution in [0.2, 0.25) is 0 Å². The first kappa shape index (κ1) is 10.7. The van der Waals surface area contributed by atoms with Crippen LogP contribution in [0.3, 0.4) is 0 Å². The Kier molecular flexibility index (Phi) is 4.12.